The third-order valence-electron chi connectivity index (χ3n) is 11.8. The number of rotatable bonds is 3. The van der Waals surface area contributed by atoms with Crippen molar-refractivity contribution in [2.75, 3.05) is 4.90 Å². The minimum absolute atomic E-state index is 0.00275. The maximum atomic E-state index is 6.35. The van der Waals surface area contributed by atoms with E-state index in [0.717, 1.165) is 39.0 Å². The highest BCUT2D eigenvalue weighted by Gasteiger charge is 2.48. The molecule has 0 saturated carbocycles. The first-order valence-corrected chi connectivity index (χ1v) is 16.8. The number of anilines is 3. The molecule has 0 atom stereocenters. The van der Waals surface area contributed by atoms with Crippen molar-refractivity contribution in [1.29, 1.82) is 0 Å². The summed E-state index contributed by atoms with van der Waals surface area (Å²) < 4.78 is 6.35. The van der Waals surface area contributed by atoms with Crippen LogP contribution >= 0.6 is 0 Å². The smallest absolute Gasteiger partial charge is 0.137 e. The van der Waals surface area contributed by atoms with Gasteiger partial charge in [0.2, 0.25) is 0 Å². The van der Waals surface area contributed by atoms with Gasteiger partial charge in [-0.2, -0.15) is 0 Å². The van der Waals surface area contributed by atoms with Crippen molar-refractivity contribution >= 4 is 39.0 Å². The molecule has 0 N–H and O–H groups in total. The molecular formula is C45H39NO. The van der Waals surface area contributed by atoms with Gasteiger partial charge in [-0.05, 0) is 97.8 Å². The normalized spacial score (nSPS) is 16.4. The summed E-state index contributed by atoms with van der Waals surface area (Å²) in [7, 11) is 0. The van der Waals surface area contributed by atoms with Crippen LogP contribution in [0.2, 0.25) is 0 Å². The first kappa shape index (κ1) is 28.2. The summed E-state index contributed by atoms with van der Waals surface area (Å²) >= 11 is 0. The SMILES string of the molecule is CC1(C)c2cc(N(c3ccccc3)c3ccc4c(c3)oc3ccccc34)ccc2-c2c1ccc1c2-c2ccccc2C(C)(C)C1(C)C. The van der Waals surface area contributed by atoms with Crippen molar-refractivity contribution in [3.8, 4) is 22.3 Å². The second-order valence-electron chi connectivity index (χ2n) is 15.0. The van der Waals surface area contributed by atoms with Crippen LogP contribution < -0.4 is 4.90 Å². The molecule has 0 amide bonds. The third kappa shape index (κ3) is 3.73. The van der Waals surface area contributed by atoms with Gasteiger partial charge in [0.15, 0.2) is 0 Å². The number of hydrogen-bond donors (Lipinski definition) is 0. The van der Waals surface area contributed by atoms with Crippen molar-refractivity contribution in [2.45, 2.75) is 57.8 Å². The summed E-state index contributed by atoms with van der Waals surface area (Å²) in [5.41, 5.74) is 16.1. The number of benzene rings is 6. The van der Waals surface area contributed by atoms with Crippen LogP contribution in [0.1, 0.15) is 63.8 Å². The van der Waals surface area contributed by atoms with Gasteiger partial charge in [0.25, 0.3) is 0 Å². The number of hydrogen-bond acceptors (Lipinski definition) is 2. The van der Waals surface area contributed by atoms with Gasteiger partial charge >= 0.3 is 0 Å². The fraction of sp³-hybridized carbons (Fsp3) is 0.200. The van der Waals surface area contributed by atoms with Gasteiger partial charge in [-0.1, -0.05) is 120 Å². The first-order valence-electron chi connectivity index (χ1n) is 16.8. The monoisotopic (exact) mass is 609 g/mol. The van der Waals surface area contributed by atoms with Crippen LogP contribution in [0.3, 0.4) is 0 Å². The zero-order valence-electron chi connectivity index (χ0n) is 28.0. The summed E-state index contributed by atoms with van der Waals surface area (Å²) in [6, 6.07) is 46.6. The zero-order chi connectivity index (χ0) is 32.3. The summed E-state index contributed by atoms with van der Waals surface area (Å²) in [5.74, 6) is 0. The molecule has 2 aliphatic rings. The number of fused-ring (bicyclic) bond motifs is 10. The lowest BCUT2D eigenvalue weighted by Crippen LogP contribution is -2.43. The maximum absolute atomic E-state index is 6.35. The molecule has 0 aliphatic heterocycles. The van der Waals surface area contributed by atoms with Gasteiger partial charge in [-0.15, -0.1) is 0 Å². The van der Waals surface area contributed by atoms with Crippen LogP contribution in [0.4, 0.5) is 17.1 Å². The fourth-order valence-corrected chi connectivity index (χ4v) is 8.55. The van der Waals surface area contributed by atoms with Crippen molar-refractivity contribution in [3.05, 3.63) is 150 Å². The summed E-state index contributed by atoms with van der Waals surface area (Å²) in [4.78, 5) is 2.36. The maximum Gasteiger partial charge on any atom is 0.137 e. The average Bonchev–Trinajstić information content (AvgIpc) is 3.56. The van der Waals surface area contributed by atoms with Gasteiger partial charge in [0.05, 0.1) is 0 Å². The summed E-state index contributed by atoms with van der Waals surface area (Å²) in [6.07, 6.45) is 0. The van der Waals surface area contributed by atoms with Gasteiger partial charge in [-0.3, -0.25) is 0 Å². The van der Waals surface area contributed by atoms with Crippen molar-refractivity contribution in [1.82, 2.24) is 0 Å². The Morgan fingerprint density at radius 2 is 1.02 bits per heavy atom. The number of para-hydroxylation sites is 2. The van der Waals surface area contributed by atoms with Gasteiger partial charge in [-0.25, -0.2) is 0 Å². The highest BCUT2D eigenvalue weighted by atomic mass is 16.3. The van der Waals surface area contributed by atoms with E-state index < -0.39 is 0 Å². The summed E-state index contributed by atoms with van der Waals surface area (Å²) in [5, 5.41) is 2.29. The second kappa shape index (κ2) is 9.48. The standard InChI is InChI=1S/C45H39NO/c1-43(2)36-24-25-37-42(33-17-10-12-18-35(33)44(3,4)45(37,5)6)41(36)34-23-21-29(26-38(34)43)46(28-14-8-7-9-15-28)30-20-22-32-31-16-11-13-19-39(31)47-40(32)27-30/h7-27H,1-6H3. The molecule has 2 aliphatic carbocycles. The Bertz CT molecular complexity index is 2390. The molecule has 7 aromatic rings. The van der Waals surface area contributed by atoms with Crippen LogP contribution in [0.5, 0.6) is 0 Å². The largest absolute Gasteiger partial charge is 0.456 e. The lowest BCUT2D eigenvalue weighted by atomic mass is 9.54. The highest BCUT2D eigenvalue weighted by Crippen LogP contribution is 2.61. The predicted octanol–water partition coefficient (Wildman–Crippen LogP) is 12.6. The van der Waals surface area contributed by atoms with Crippen LogP contribution in [0.15, 0.2) is 132 Å². The molecule has 2 nitrogen and oxygen atoms in total. The zero-order valence-corrected chi connectivity index (χ0v) is 28.0. The quantitative estimate of drug-likeness (QED) is 0.198. The van der Waals surface area contributed by atoms with E-state index in [0.29, 0.717) is 0 Å². The van der Waals surface area contributed by atoms with Gasteiger partial charge < -0.3 is 9.32 Å². The Morgan fingerprint density at radius 1 is 0.426 bits per heavy atom. The Hall–Kier alpha value is -5.08. The molecule has 0 radical (unpaired) electrons. The number of nitrogens with zero attached hydrogens (tertiary/aromatic N) is 1. The average molecular weight is 610 g/mol. The third-order valence-corrected chi connectivity index (χ3v) is 11.8. The van der Waals surface area contributed by atoms with Gasteiger partial charge in [0.1, 0.15) is 11.2 Å². The van der Waals surface area contributed by atoms with Crippen LogP contribution in [0.25, 0.3) is 44.2 Å². The molecule has 0 fully saturated rings. The molecule has 2 heteroatoms. The van der Waals surface area contributed by atoms with E-state index >= 15 is 0 Å². The van der Waals surface area contributed by atoms with E-state index in [-0.39, 0.29) is 16.2 Å². The second-order valence-corrected chi connectivity index (χ2v) is 15.0. The molecule has 0 spiro atoms. The fourth-order valence-electron chi connectivity index (χ4n) is 8.55. The highest BCUT2D eigenvalue weighted by molar-refractivity contribution is 6.06. The predicted molar refractivity (Wildman–Crippen MR) is 197 cm³/mol. The van der Waals surface area contributed by atoms with Crippen molar-refractivity contribution < 1.29 is 4.42 Å². The Morgan fingerprint density at radius 3 is 1.85 bits per heavy atom. The molecular weight excluding hydrogens is 571 g/mol. The van der Waals surface area contributed by atoms with Crippen molar-refractivity contribution in [2.24, 2.45) is 0 Å². The molecule has 0 saturated heterocycles. The lowest BCUT2D eigenvalue weighted by molar-refractivity contribution is 0.299. The molecule has 1 aromatic heterocycles. The molecule has 230 valence electrons. The molecule has 1 heterocycles. The van der Waals surface area contributed by atoms with E-state index in [4.69, 9.17) is 4.42 Å². The summed E-state index contributed by atoms with van der Waals surface area (Å²) in [6.45, 7) is 14.5. The molecule has 0 bridgehead atoms. The van der Waals surface area contributed by atoms with Crippen LogP contribution in [-0.4, -0.2) is 0 Å². The van der Waals surface area contributed by atoms with E-state index in [2.05, 4.69) is 162 Å². The minimum atomic E-state index is -0.160. The molecule has 47 heavy (non-hydrogen) atoms. The van der Waals surface area contributed by atoms with E-state index in [1.54, 1.807) is 0 Å². The Balaban J connectivity index is 1.26. The van der Waals surface area contributed by atoms with E-state index in [1.807, 2.05) is 12.1 Å². The molecule has 0 unspecified atom stereocenters. The first-order chi connectivity index (χ1) is 22.6. The topological polar surface area (TPSA) is 16.4 Å². The Kier molecular flexibility index (Phi) is 5.68. The Labute approximate surface area is 277 Å². The van der Waals surface area contributed by atoms with Crippen LogP contribution in [-0.2, 0) is 16.2 Å². The number of furan rings is 1. The van der Waals surface area contributed by atoms with Crippen LogP contribution in [0, 0.1) is 0 Å². The minimum Gasteiger partial charge on any atom is -0.456 e. The van der Waals surface area contributed by atoms with Gasteiger partial charge in [0, 0.05) is 39.3 Å². The molecule has 9 rings (SSSR count). The van der Waals surface area contributed by atoms with E-state index in [9.17, 15) is 0 Å². The lowest BCUT2D eigenvalue weighted by Gasteiger charge is -2.49. The van der Waals surface area contributed by atoms with E-state index in [1.165, 1.54) is 44.5 Å². The molecule has 6 aromatic carbocycles. The van der Waals surface area contributed by atoms with Crippen molar-refractivity contribution in [3.63, 3.8) is 0 Å².